The van der Waals surface area contributed by atoms with Crippen molar-refractivity contribution in [3.63, 3.8) is 0 Å². The molecule has 5 heteroatoms. The van der Waals surface area contributed by atoms with Crippen LogP contribution in [0, 0.1) is 0 Å². The lowest BCUT2D eigenvalue weighted by atomic mass is 10.1. The van der Waals surface area contributed by atoms with Crippen molar-refractivity contribution in [2.75, 3.05) is 26.0 Å². The number of hydrogen-bond acceptors (Lipinski definition) is 5. The molecule has 0 atom stereocenters. The second-order valence-electron chi connectivity index (χ2n) is 3.16. The number of anilines is 1. The number of aromatic nitrogens is 2. The number of rotatable bonds is 2. The fourth-order valence-corrected chi connectivity index (χ4v) is 1.61. The molecule has 0 bridgehead atoms. The molecule has 1 aliphatic rings. The number of methoxy groups -OCH3 is 1. The van der Waals surface area contributed by atoms with Gasteiger partial charge in [-0.2, -0.15) is 4.98 Å². The van der Waals surface area contributed by atoms with E-state index in [1.165, 1.54) is 0 Å². The highest BCUT2D eigenvalue weighted by atomic mass is 16.5. The summed E-state index contributed by atoms with van der Waals surface area (Å²) in [4.78, 5) is 8.63. The predicted octanol–water partition coefficient (Wildman–Crippen LogP) is 0.173. The van der Waals surface area contributed by atoms with Crippen LogP contribution >= 0.6 is 0 Å². The highest BCUT2D eigenvalue weighted by molar-refractivity contribution is 5.39. The maximum atomic E-state index is 5.24. The van der Waals surface area contributed by atoms with E-state index in [9.17, 15) is 0 Å². The summed E-state index contributed by atoms with van der Waals surface area (Å²) in [6.07, 6.45) is 0.933. The molecule has 1 aliphatic heterocycles. The Morgan fingerprint density at radius 1 is 1.43 bits per heavy atom. The van der Waals surface area contributed by atoms with E-state index in [2.05, 4.69) is 20.6 Å². The molecule has 76 valence electrons. The van der Waals surface area contributed by atoms with E-state index < -0.39 is 0 Å². The van der Waals surface area contributed by atoms with Gasteiger partial charge in [0.2, 0.25) is 11.8 Å². The smallest absolute Gasteiger partial charge is 0.226 e. The lowest BCUT2D eigenvalue weighted by molar-refractivity contribution is 0.387. The molecule has 0 saturated heterocycles. The van der Waals surface area contributed by atoms with Crippen molar-refractivity contribution in [2.24, 2.45) is 0 Å². The monoisotopic (exact) mass is 194 g/mol. The molecular formula is C9H14N4O. The van der Waals surface area contributed by atoms with E-state index in [-0.39, 0.29) is 0 Å². The van der Waals surface area contributed by atoms with Gasteiger partial charge in [0.1, 0.15) is 0 Å². The molecule has 2 heterocycles. The summed E-state index contributed by atoms with van der Waals surface area (Å²) in [5, 5.41) is 6.19. The largest absolute Gasteiger partial charge is 0.481 e. The summed E-state index contributed by atoms with van der Waals surface area (Å²) in [6, 6.07) is 0. The molecule has 2 N–H and O–H groups in total. The second kappa shape index (κ2) is 3.79. The lowest BCUT2D eigenvalue weighted by Crippen LogP contribution is -2.26. The van der Waals surface area contributed by atoms with Crippen LogP contribution in [0.25, 0.3) is 0 Å². The fourth-order valence-electron chi connectivity index (χ4n) is 1.61. The third-order valence-corrected chi connectivity index (χ3v) is 2.32. The van der Waals surface area contributed by atoms with Crippen molar-refractivity contribution in [1.82, 2.24) is 15.3 Å². The zero-order valence-electron chi connectivity index (χ0n) is 8.42. The van der Waals surface area contributed by atoms with Gasteiger partial charge in [-0.1, -0.05) is 0 Å². The Hall–Kier alpha value is -1.36. The number of ether oxygens (including phenoxy) is 1. The molecule has 0 fully saturated rings. The van der Waals surface area contributed by atoms with Crippen LogP contribution in [-0.4, -0.2) is 30.7 Å². The molecule has 1 aromatic heterocycles. The zero-order valence-corrected chi connectivity index (χ0v) is 8.42. The molecule has 2 rings (SSSR count). The average molecular weight is 194 g/mol. The van der Waals surface area contributed by atoms with Gasteiger partial charge < -0.3 is 15.4 Å². The molecule has 5 nitrogen and oxygen atoms in total. The van der Waals surface area contributed by atoms with Crippen molar-refractivity contribution in [3.8, 4) is 5.88 Å². The highest BCUT2D eigenvalue weighted by Gasteiger charge is 2.17. The molecule has 1 aromatic rings. The molecular weight excluding hydrogens is 180 g/mol. The Labute approximate surface area is 82.9 Å². The van der Waals surface area contributed by atoms with Gasteiger partial charge >= 0.3 is 0 Å². The first-order valence-electron chi connectivity index (χ1n) is 4.67. The van der Waals surface area contributed by atoms with E-state index in [1.54, 1.807) is 14.2 Å². The van der Waals surface area contributed by atoms with Gasteiger partial charge in [0.05, 0.1) is 12.8 Å². The Morgan fingerprint density at radius 3 is 3.00 bits per heavy atom. The molecule has 0 unspecified atom stereocenters. The van der Waals surface area contributed by atoms with Gasteiger partial charge in [-0.3, -0.25) is 0 Å². The first-order chi connectivity index (χ1) is 6.85. The number of nitrogens with zero attached hydrogens (tertiary/aromatic N) is 2. The number of nitrogens with one attached hydrogen (secondary N) is 2. The molecule has 0 aromatic carbocycles. The molecule has 0 radical (unpaired) electrons. The van der Waals surface area contributed by atoms with Crippen molar-refractivity contribution >= 4 is 5.95 Å². The van der Waals surface area contributed by atoms with Gasteiger partial charge in [-0.15, -0.1) is 0 Å². The molecule has 14 heavy (non-hydrogen) atoms. The predicted molar refractivity (Wildman–Crippen MR) is 53.5 cm³/mol. The van der Waals surface area contributed by atoms with E-state index in [1.807, 2.05) is 0 Å². The van der Waals surface area contributed by atoms with Crippen molar-refractivity contribution in [3.05, 3.63) is 11.3 Å². The van der Waals surface area contributed by atoms with E-state index >= 15 is 0 Å². The molecule has 0 spiro atoms. The first-order valence-corrected chi connectivity index (χ1v) is 4.67. The summed E-state index contributed by atoms with van der Waals surface area (Å²) in [6.45, 7) is 1.76. The van der Waals surface area contributed by atoms with Gasteiger partial charge in [0, 0.05) is 19.2 Å². The van der Waals surface area contributed by atoms with Crippen LogP contribution in [0.15, 0.2) is 0 Å². The summed E-state index contributed by atoms with van der Waals surface area (Å²) in [7, 11) is 3.45. The van der Waals surface area contributed by atoms with Crippen molar-refractivity contribution in [1.29, 1.82) is 0 Å². The Kier molecular flexibility index (Phi) is 2.49. The summed E-state index contributed by atoms with van der Waals surface area (Å²) in [5.74, 6) is 1.31. The van der Waals surface area contributed by atoms with Crippen LogP contribution in [-0.2, 0) is 13.0 Å². The molecule has 0 aliphatic carbocycles. The number of fused-ring (bicyclic) bond motifs is 1. The molecule has 0 amide bonds. The van der Waals surface area contributed by atoms with Crippen LogP contribution in [0.4, 0.5) is 5.95 Å². The average Bonchev–Trinajstić information content (AvgIpc) is 2.27. The quantitative estimate of drug-likeness (QED) is 0.703. The fraction of sp³-hybridized carbons (Fsp3) is 0.556. The van der Waals surface area contributed by atoms with E-state index in [0.717, 1.165) is 30.8 Å². The maximum Gasteiger partial charge on any atom is 0.226 e. The summed E-state index contributed by atoms with van der Waals surface area (Å²) in [5.41, 5.74) is 2.16. The van der Waals surface area contributed by atoms with Gasteiger partial charge in [-0.25, -0.2) is 4.98 Å². The standard InChI is InChI=1S/C9H14N4O/c1-10-9-12-7-5-11-4-3-6(7)8(13-9)14-2/h11H,3-5H2,1-2H3,(H,10,12,13). The summed E-state index contributed by atoms with van der Waals surface area (Å²) < 4.78 is 5.24. The Bertz CT molecular complexity index is 323. The number of hydrogen-bond donors (Lipinski definition) is 2. The van der Waals surface area contributed by atoms with E-state index in [4.69, 9.17) is 4.74 Å². The van der Waals surface area contributed by atoms with Crippen LogP contribution in [0.3, 0.4) is 0 Å². The second-order valence-corrected chi connectivity index (χ2v) is 3.16. The summed E-state index contributed by atoms with van der Waals surface area (Å²) >= 11 is 0. The first kappa shape index (κ1) is 9.21. The van der Waals surface area contributed by atoms with Crippen LogP contribution in [0.1, 0.15) is 11.3 Å². The van der Waals surface area contributed by atoms with Crippen LogP contribution in [0.5, 0.6) is 5.88 Å². The van der Waals surface area contributed by atoms with Gasteiger partial charge in [0.25, 0.3) is 0 Å². The minimum Gasteiger partial charge on any atom is -0.481 e. The minimum atomic E-state index is 0.615. The van der Waals surface area contributed by atoms with Gasteiger partial charge in [-0.05, 0) is 13.0 Å². The third kappa shape index (κ3) is 1.50. The lowest BCUT2D eigenvalue weighted by Gasteiger charge is -2.18. The highest BCUT2D eigenvalue weighted by Crippen LogP contribution is 2.22. The Balaban J connectivity index is 2.47. The third-order valence-electron chi connectivity index (χ3n) is 2.32. The van der Waals surface area contributed by atoms with Crippen molar-refractivity contribution < 1.29 is 4.74 Å². The normalized spacial score (nSPS) is 14.7. The van der Waals surface area contributed by atoms with E-state index in [0.29, 0.717) is 11.8 Å². The van der Waals surface area contributed by atoms with Gasteiger partial charge in [0.15, 0.2) is 0 Å². The topological polar surface area (TPSA) is 59.1 Å². The SMILES string of the molecule is CNc1nc2c(c(OC)n1)CCNC2. The van der Waals surface area contributed by atoms with Crippen molar-refractivity contribution in [2.45, 2.75) is 13.0 Å². The maximum absolute atomic E-state index is 5.24. The zero-order chi connectivity index (χ0) is 9.97. The van der Waals surface area contributed by atoms with Crippen LogP contribution in [0.2, 0.25) is 0 Å². The minimum absolute atomic E-state index is 0.615. The molecule has 0 saturated carbocycles. The van der Waals surface area contributed by atoms with Crippen LogP contribution < -0.4 is 15.4 Å². The Morgan fingerprint density at radius 2 is 2.29 bits per heavy atom.